The number of aromatic nitrogens is 3. The highest BCUT2D eigenvalue weighted by atomic mass is 79.9. The Bertz CT molecular complexity index is 1060. The third-order valence-electron chi connectivity index (χ3n) is 3.84. The van der Waals surface area contributed by atoms with E-state index in [4.69, 9.17) is 17.0 Å². The second-order valence-electron chi connectivity index (χ2n) is 5.84. The summed E-state index contributed by atoms with van der Waals surface area (Å²) in [5.41, 5.74) is 2.55. The lowest BCUT2D eigenvalue weighted by atomic mass is 10.2. The largest absolute Gasteiger partial charge is 0.487 e. The maximum atomic E-state index is 11.7. The van der Waals surface area contributed by atoms with E-state index >= 15 is 0 Å². The Morgan fingerprint density at radius 2 is 1.93 bits per heavy atom. The molecule has 2 heterocycles. The molecule has 28 heavy (non-hydrogen) atoms. The van der Waals surface area contributed by atoms with Crippen LogP contribution in [0.25, 0.3) is 11.8 Å². The lowest BCUT2D eigenvalue weighted by Crippen LogP contribution is -2.17. The summed E-state index contributed by atoms with van der Waals surface area (Å²) < 4.78 is 8.97. The van der Waals surface area contributed by atoms with Crippen molar-refractivity contribution < 1.29 is 9.53 Å². The molecule has 2 aromatic carbocycles. The van der Waals surface area contributed by atoms with Crippen molar-refractivity contribution in [2.45, 2.75) is 6.61 Å². The van der Waals surface area contributed by atoms with Gasteiger partial charge in [-0.15, -0.1) is 5.10 Å². The van der Waals surface area contributed by atoms with Gasteiger partial charge in [0, 0.05) is 4.47 Å². The molecule has 4 rings (SSSR count). The molecule has 1 saturated heterocycles. The molecule has 0 spiro atoms. The fraction of sp³-hybridized carbons (Fsp3) is 0.0526. The number of thiocarbonyl (C=S) groups is 1. The van der Waals surface area contributed by atoms with Crippen molar-refractivity contribution in [2.75, 3.05) is 0 Å². The standard InChI is InChI=1S/C19H13BrN4O2S2/c20-13-3-5-15(6-4-13)24-10-14(22-23-24)11-26-16-7-1-12(2-8-16)9-17-18(25)21-19(27)28-17/h1-10H,11H2,(H,21,25,27)/b17-9-. The average Bonchev–Trinajstić information content (AvgIpc) is 3.28. The number of carbonyl (C=O) groups excluding carboxylic acids is 1. The zero-order valence-electron chi connectivity index (χ0n) is 14.3. The Hall–Kier alpha value is -2.49. The highest BCUT2D eigenvalue weighted by Crippen LogP contribution is 2.26. The molecule has 0 saturated carbocycles. The number of benzene rings is 2. The van der Waals surface area contributed by atoms with Crippen LogP contribution < -0.4 is 10.1 Å². The molecule has 3 aromatic rings. The minimum Gasteiger partial charge on any atom is -0.487 e. The van der Waals surface area contributed by atoms with E-state index < -0.39 is 0 Å². The van der Waals surface area contributed by atoms with Crippen molar-refractivity contribution in [3.63, 3.8) is 0 Å². The number of rotatable bonds is 5. The summed E-state index contributed by atoms with van der Waals surface area (Å²) in [7, 11) is 0. The molecule has 0 bridgehead atoms. The molecule has 1 N–H and O–H groups in total. The first-order valence-corrected chi connectivity index (χ1v) is 10.2. The first-order chi connectivity index (χ1) is 13.6. The molecule has 0 atom stereocenters. The second-order valence-corrected chi connectivity index (χ2v) is 8.48. The fourth-order valence-electron chi connectivity index (χ4n) is 2.47. The molecule has 0 aliphatic carbocycles. The van der Waals surface area contributed by atoms with Crippen LogP contribution in [0.4, 0.5) is 0 Å². The average molecular weight is 473 g/mol. The minimum absolute atomic E-state index is 0.163. The van der Waals surface area contributed by atoms with Gasteiger partial charge < -0.3 is 10.1 Å². The molecule has 1 amide bonds. The SMILES string of the molecule is O=C1NC(=S)S/C1=C\c1ccc(OCc2cn(-c3ccc(Br)cc3)nn2)cc1. The van der Waals surface area contributed by atoms with Gasteiger partial charge in [-0.1, -0.05) is 57.3 Å². The van der Waals surface area contributed by atoms with Crippen LogP contribution >= 0.6 is 39.9 Å². The van der Waals surface area contributed by atoms with Gasteiger partial charge in [-0.25, -0.2) is 4.68 Å². The molecule has 6 nitrogen and oxygen atoms in total. The fourth-order valence-corrected chi connectivity index (χ4v) is 3.78. The molecule has 1 fully saturated rings. The predicted molar refractivity (Wildman–Crippen MR) is 116 cm³/mol. The zero-order valence-corrected chi connectivity index (χ0v) is 17.6. The molecule has 1 aromatic heterocycles. The van der Waals surface area contributed by atoms with Crippen molar-refractivity contribution in [1.82, 2.24) is 20.3 Å². The van der Waals surface area contributed by atoms with E-state index in [1.807, 2.05) is 54.7 Å². The van der Waals surface area contributed by atoms with Crippen molar-refractivity contribution in [3.05, 3.63) is 75.4 Å². The monoisotopic (exact) mass is 472 g/mol. The van der Waals surface area contributed by atoms with Gasteiger partial charge in [0.05, 0.1) is 16.8 Å². The Labute approximate surface area is 179 Å². The number of nitrogens with one attached hydrogen (secondary N) is 1. The Morgan fingerprint density at radius 1 is 1.18 bits per heavy atom. The van der Waals surface area contributed by atoms with E-state index in [1.165, 1.54) is 11.8 Å². The van der Waals surface area contributed by atoms with Crippen molar-refractivity contribution >= 4 is 56.2 Å². The third-order valence-corrected chi connectivity index (χ3v) is 5.53. The minimum atomic E-state index is -0.163. The Morgan fingerprint density at radius 3 is 2.61 bits per heavy atom. The van der Waals surface area contributed by atoms with E-state index in [1.54, 1.807) is 10.8 Å². The summed E-state index contributed by atoms with van der Waals surface area (Å²) >= 11 is 9.66. The number of halogens is 1. The predicted octanol–water partition coefficient (Wildman–Crippen LogP) is 4.10. The topological polar surface area (TPSA) is 69.0 Å². The molecule has 0 unspecified atom stereocenters. The first kappa shape index (κ1) is 18.9. The number of thioether (sulfide) groups is 1. The van der Waals surface area contributed by atoms with Crippen LogP contribution in [0, 0.1) is 0 Å². The maximum absolute atomic E-state index is 11.7. The van der Waals surface area contributed by atoms with E-state index in [9.17, 15) is 4.79 Å². The van der Waals surface area contributed by atoms with E-state index in [-0.39, 0.29) is 5.91 Å². The molecular weight excluding hydrogens is 460 g/mol. The second kappa shape index (κ2) is 8.26. The van der Waals surface area contributed by atoms with Gasteiger partial charge >= 0.3 is 0 Å². The molecule has 1 aliphatic heterocycles. The first-order valence-electron chi connectivity index (χ1n) is 8.22. The van der Waals surface area contributed by atoms with Crippen LogP contribution in [0.3, 0.4) is 0 Å². The number of ether oxygens (including phenoxy) is 1. The van der Waals surface area contributed by atoms with Crippen LogP contribution in [0.1, 0.15) is 11.3 Å². The lowest BCUT2D eigenvalue weighted by molar-refractivity contribution is -0.115. The maximum Gasteiger partial charge on any atom is 0.263 e. The molecular formula is C19H13BrN4O2S2. The summed E-state index contributed by atoms with van der Waals surface area (Å²) in [5, 5.41) is 10.9. The highest BCUT2D eigenvalue weighted by molar-refractivity contribution is 9.10. The molecule has 9 heteroatoms. The van der Waals surface area contributed by atoms with Crippen LogP contribution in [0.15, 0.2) is 64.1 Å². The number of nitrogens with zero attached hydrogens (tertiary/aromatic N) is 3. The third kappa shape index (κ3) is 4.49. The van der Waals surface area contributed by atoms with Gasteiger partial charge in [0.2, 0.25) is 0 Å². The normalized spacial score (nSPS) is 15.1. The smallest absolute Gasteiger partial charge is 0.263 e. The zero-order chi connectivity index (χ0) is 19.5. The van der Waals surface area contributed by atoms with Gasteiger partial charge in [-0.2, -0.15) is 0 Å². The Balaban J connectivity index is 1.38. The van der Waals surface area contributed by atoms with Crippen LogP contribution in [0.2, 0.25) is 0 Å². The van der Waals surface area contributed by atoms with Crippen molar-refractivity contribution in [2.24, 2.45) is 0 Å². The van der Waals surface area contributed by atoms with E-state index in [2.05, 4.69) is 31.6 Å². The van der Waals surface area contributed by atoms with Gasteiger partial charge in [0.25, 0.3) is 5.91 Å². The van der Waals surface area contributed by atoms with Crippen LogP contribution in [-0.4, -0.2) is 25.2 Å². The van der Waals surface area contributed by atoms with Crippen LogP contribution in [-0.2, 0) is 11.4 Å². The van der Waals surface area contributed by atoms with E-state index in [0.29, 0.717) is 21.6 Å². The van der Waals surface area contributed by atoms with Crippen molar-refractivity contribution in [3.8, 4) is 11.4 Å². The summed E-state index contributed by atoms with van der Waals surface area (Å²) in [5.74, 6) is 0.545. The van der Waals surface area contributed by atoms with Gasteiger partial charge in [-0.3, -0.25) is 4.79 Å². The van der Waals surface area contributed by atoms with Crippen molar-refractivity contribution in [1.29, 1.82) is 0 Å². The van der Waals surface area contributed by atoms with E-state index in [0.717, 1.165) is 21.4 Å². The van der Waals surface area contributed by atoms with Gasteiger partial charge in [0.1, 0.15) is 22.4 Å². The number of carbonyl (C=O) groups is 1. The van der Waals surface area contributed by atoms with Gasteiger partial charge in [-0.05, 0) is 48.0 Å². The number of hydrogen-bond donors (Lipinski definition) is 1. The lowest BCUT2D eigenvalue weighted by Gasteiger charge is -2.04. The summed E-state index contributed by atoms with van der Waals surface area (Å²) in [4.78, 5) is 12.3. The molecule has 1 aliphatic rings. The quantitative estimate of drug-likeness (QED) is 0.445. The van der Waals surface area contributed by atoms with Crippen LogP contribution in [0.5, 0.6) is 5.75 Å². The summed E-state index contributed by atoms with van der Waals surface area (Å²) in [6.45, 7) is 0.309. The molecule has 0 radical (unpaired) electrons. The van der Waals surface area contributed by atoms with Gasteiger partial charge in [0.15, 0.2) is 0 Å². The Kier molecular flexibility index (Phi) is 5.56. The summed E-state index contributed by atoms with van der Waals surface area (Å²) in [6, 6.07) is 15.3. The number of hydrogen-bond acceptors (Lipinski definition) is 6. The summed E-state index contributed by atoms with van der Waals surface area (Å²) in [6.07, 6.45) is 3.63. The molecule has 140 valence electrons. The number of amides is 1. The highest BCUT2D eigenvalue weighted by Gasteiger charge is 2.21.